The molecule has 7 atom stereocenters. The minimum Gasteiger partial charge on any atom is -0.482 e. The van der Waals surface area contributed by atoms with Crippen LogP contribution in [0.25, 0.3) is 0 Å². The van der Waals surface area contributed by atoms with E-state index in [9.17, 15) is 14.7 Å². The summed E-state index contributed by atoms with van der Waals surface area (Å²) in [6.45, 7) is 8.45. The fourth-order valence-electron chi connectivity index (χ4n) is 7.80. The zero-order valence-electron chi connectivity index (χ0n) is 17.8. The molecule has 6 heteroatoms. The van der Waals surface area contributed by atoms with Crippen LogP contribution in [0, 0.1) is 17.3 Å². The lowest BCUT2D eigenvalue weighted by Gasteiger charge is -2.87. The molecule has 7 aliphatic rings. The predicted molar refractivity (Wildman–Crippen MR) is 112 cm³/mol. The molecule has 2 saturated heterocycles. The first kappa shape index (κ1) is 19.3. The summed E-state index contributed by atoms with van der Waals surface area (Å²) in [6, 6.07) is -0.000181. The summed E-state index contributed by atoms with van der Waals surface area (Å²) >= 11 is 0. The summed E-state index contributed by atoms with van der Waals surface area (Å²) in [7, 11) is 0. The molecule has 3 unspecified atom stereocenters. The summed E-state index contributed by atoms with van der Waals surface area (Å²) in [5, 5.41) is 12.0. The van der Waals surface area contributed by atoms with E-state index in [1.807, 2.05) is 26.0 Å². The second-order valence-electron chi connectivity index (χ2n) is 10.1. The number of likely N-dealkylation sites (tertiary alicyclic amines) is 1. The molecule has 5 aliphatic carbocycles. The number of aliphatic hydroxyl groups is 1. The third kappa shape index (κ3) is 1.93. The van der Waals surface area contributed by atoms with Crippen LogP contribution in [0.3, 0.4) is 0 Å². The number of hydrogen-bond donors (Lipinski definition) is 1. The highest BCUT2D eigenvalue weighted by Gasteiger charge is 2.95. The van der Waals surface area contributed by atoms with E-state index in [0.29, 0.717) is 24.5 Å². The van der Waals surface area contributed by atoms with Crippen molar-refractivity contribution in [3.8, 4) is 0 Å². The van der Waals surface area contributed by atoms with Crippen LogP contribution in [0.1, 0.15) is 33.1 Å². The molecule has 0 amide bonds. The SMILES string of the molecule is C=CCN1[C@@H]2CC3C=CC(OC(=O)/C=C/C=C(C)C)=C4O[C@H]5C(=O)CC16C[C@@]5(C43)[C@]26O. The Balaban J connectivity index is 1.38. The number of ether oxygens (including phenoxy) is 2. The first-order valence-corrected chi connectivity index (χ1v) is 11.1. The molecular formula is C25H27NO5. The highest BCUT2D eigenvalue weighted by molar-refractivity contribution is 5.91. The molecule has 6 fully saturated rings. The molecule has 1 N–H and O–H groups in total. The van der Waals surface area contributed by atoms with E-state index >= 15 is 0 Å². The number of ketones is 1. The van der Waals surface area contributed by atoms with Gasteiger partial charge in [-0.25, -0.2) is 4.79 Å². The van der Waals surface area contributed by atoms with Gasteiger partial charge in [0.2, 0.25) is 0 Å². The predicted octanol–water partition coefficient (Wildman–Crippen LogP) is 2.57. The van der Waals surface area contributed by atoms with Gasteiger partial charge in [0.25, 0.3) is 0 Å². The first-order valence-electron chi connectivity index (χ1n) is 11.1. The average molecular weight is 421 g/mol. The van der Waals surface area contributed by atoms with E-state index < -0.39 is 28.6 Å². The van der Waals surface area contributed by atoms with Crippen molar-refractivity contribution in [2.75, 3.05) is 6.54 Å². The first-order chi connectivity index (χ1) is 14.8. The number of carbonyl (C=O) groups excluding carboxylic acids is 2. The minimum absolute atomic E-state index is 0.000181. The van der Waals surface area contributed by atoms with E-state index in [2.05, 4.69) is 17.6 Å². The van der Waals surface area contributed by atoms with Gasteiger partial charge in [-0.3, -0.25) is 9.69 Å². The smallest absolute Gasteiger partial charge is 0.336 e. The van der Waals surface area contributed by atoms with Crippen LogP contribution in [0.15, 0.2) is 60.1 Å². The summed E-state index contributed by atoms with van der Waals surface area (Å²) in [4.78, 5) is 27.8. The van der Waals surface area contributed by atoms with Gasteiger partial charge in [-0.15, -0.1) is 6.58 Å². The number of Topliss-reactive ketones (excluding diaryl/α,β-unsaturated/α-hetero) is 1. The Labute approximate surface area is 181 Å². The number of fused-ring (bicyclic) bond motifs is 1. The van der Waals surface area contributed by atoms with Crippen LogP contribution in [0.5, 0.6) is 0 Å². The Morgan fingerprint density at radius 3 is 3.00 bits per heavy atom. The van der Waals surface area contributed by atoms with E-state index in [1.54, 1.807) is 12.2 Å². The largest absolute Gasteiger partial charge is 0.482 e. The van der Waals surface area contributed by atoms with Gasteiger partial charge in [-0.2, -0.15) is 0 Å². The third-order valence-electron chi connectivity index (χ3n) is 8.58. The van der Waals surface area contributed by atoms with E-state index in [0.717, 1.165) is 18.4 Å². The van der Waals surface area contributed by atoms with Gasteiger partial charge in [-0.1, -0.05) is 29.9 Å². The molecule has 0 aromatic rings. The van der Waals surface area contributed by atoms with E-state index in [1.165, 1.54) is 6.08 Å². The van der Waals surface area contributed by atoms with Crippen molar-refractivity contribution in [3.05, 3.63) is 60.1 Å². The van der Waals surface area contributed by atoms with Crippen LogP contribution in [0.4, 0.5) is 0 Å². The Kier molecular flexibility index (Phi) is 3.65. The molecule has 2 heterocycles. The van der Waals surface area contributed by atoms with Crippen molar-refractivity contribution in [1.82, 2.24) is 4.90 Å². The lowest BCUT2D eigenvalue weighted by Crippen LogP contribution is -3.02. The third-order valence-corrected chi connectivity index (χ3v) is 8.58. The Bertz CT molecular complexity index is 1050. The molecular weight excluding hydrogens is 394 g/mol. The Morgan fingerprint density at radius 2 is 2.26 bits per heavy atom. The monoisotopic (exact) mass is 421 g/mol. The maximum atomic E-state index is 13.1. The van der Waals surface area contributed by atoms with Crippen molar-refractivity contribution in [2.45, 2.75) is 56.4 Å². The summed E-state index contributed by atoms with van der Waals surface area (Å²) in [5.74, 6) is 0.509. The van der Waals surface area contributed by atoms with Gasteiger partial charge in [0.05, 0.1) is 11.0 Å². The van der Waals surface area contributed by atoms with Crippen LogP contribution in [0.2, 0.25) is 0 Å². The molecule has 2 spiro atoms. The second-order valence-corrected chi connectivity index (χ2v) is 10.1. The fraction of sp³-hybridized carbons (Fsp3) is 0.520. The molecule has 2 bridgehead atoms. The second kappa shape index (κ2) is 5.87. The van der Waals surface area contributed by atoms with Crippen molar-refractivity contribution in [3.63, 3.8) is 0 Å². The maximum Gasteiger partial charge on any atom is 0.336 e. The van der Waals surface area contributed by atoms with E-state index in [-0.39, 0.29) is 23.7 Å². The highest BCUT2D eigenvalue weighted by atomic mass is 16.6. The van der Waals surface area contributed by atoms with Gasteiger partial charge in [0, 0.05) is 31.0 Å². The van der Waals surface area contributed by atoms with Crippen LogP contribution in [-0.4, -0.2) is 51.6 Å². The number of carbonyl (C=O) groups is 2. The van der Waals surface area contributed by atoms with Crippen LogP contribution < -0.4 is 0 Å². The quantitative estimate of drug-likeness (QED) is 0.318. The van der Waals surface area contributed by atoms with Crippen molar-refractivity contribution in [2.24, 2.45) is 17.3 Å². The van der Waals surface area contributed by atoms with Gasteiger partial charge in [-0.05, 0) is 38.7 Å². The van der Waals surface area contributed by atoms with Gasteiger partial charge in [0.1, 0.15) is 11.4 Å². The average Bonchev–Trinajstić information content (AvgIpc) is 3.09. The molecule has 31 heavy (non-hydrogen) atoms. The number of rotatable bonds is 5. The minimum atomic E-state index is -0.936. The number of piperidine rings is 1. The van der Waals surface area contributed by atoms with Crippen LogP contribution in [-0.2, 0) is 19.1 Å². The van der Waals surface area contributed by atoms with Crippen molar-refractivity contribution in [1.29, 1.82) is 0 Å². The summed E-state index contributed by atoms with van der Waals surface area (Å²) in [6.07, 6.45) is 11.8. The molecule has 7 rings (SSSR count). The lowest BCUT2D eigenvalue weighted by molar-refractivity contribution is -0.427. The Hall–Kier alpha value is -2.44. The number of hydrogen-bond acceptors (Lipinski definition) is 6. The normalized spacial score (nSPS) is 45.5. The van der Waals surface area contributed by atoms with Crippen molar-refractivity contribution < 1.29 is 24.2 Å². The van der Waals surface area contributed by atoms with Crippen molar-refractivity contribution >= 4 is 11.8 Å². The topological polar surface area (TPSA) is 76.1 Å². The molecule has 6 nitrogen and oxygen atoms in total. The molecule has 2 aliphatic heterocycles. The number of esters is 1. The molecule has 0 aromatic carbocycles. The molecule has 4 saturated carbocycles. The molecule has 162 valence electrons. The van der Waals surface area contributed by atoms with Gasteiger partial charge < -0.3 is 14.6 Å². The van der Waals surface area contributed by atoms with Gasteiger partial charge >= 0.3 is 5.97 Å². The number of allylic oxidation sites excluding steroid dienone is 6. The zero-order chi connectivity index (χ0) is 21.8. The maximum absolute atomic E-state index is 13.1. The summed E-state index contributed by atoms with van der Waals surface area (Å²) in [5.41, 5.74) is -0.970. The molecule has 0 aromatic heterocycles. The lowest BCUT2D eigenvalue weighted by atomic mass is 9.26. The fourth-order valence-corrected chi connectivity index (χ4v) is 7.80. The highest BCUT2D eigenvalue weighted by Crippen LogP contribution is 2.83. The summed E-state index contributed by atoms with van der Waals surface area (Å²) < 4.78 is 11.9. The molecule has 0 radical (unpaired) electrons. The Morgan fingerprint density at radius 1 is 1.45 bits per heavy atom. The standard InChI is InChI=1S/C25H27NO5/c1-4-10-26-18-11-15-8-9-17(30-19(28)7-5-6-14(2)3)21-20(15)24-13-23(26,25(18,24)29)12-16(27)22(24)31-21/h4-9,15,18,20,22,29H,1,10-13H2,2-3H3/b7-5+/t15?,18-,20?,22+,23?,24+,25+/m1/s1. The van der Waals surface area contributed by atoms with Gasteiger partial charge in [0.15, 0.2) is 17.6 Å². The van der Waals surface area contributed by atoms with Crippen LogP contribution >= 0.6 is 0 Å². The zero-order valence-corrected chi connectivity index (χ0v) is 17.8. The van der Waals surface area contributed by atoms with E-state index in [4.69, 9.17) is 9.47 Å². The number of nitrogens with zero attached hydrogens (tertiary/aromatic N) is 1.